The molecule has 0 aliphatic heterocycles. The van der Waals surface area contributed by atoms with E-state index < -0.39 is 6.04 Å². The molecule has 1 aliphatic carbocycles. The maximum Gasteiger partial charge on any atom is 0.128 e. The number of hydrogen-bond acceptors (Lipinski definition) is 1. The first-order valence-electron chi connectivity index (χ1n) is 7.26. The van der Waals surface area contributed by atoms with E-state index in [0.29, 0.717) is 11.5 Å². The first-order valence-corrected chi connectivity index (χ1v) is 7.26. The van der Waals surface area contributed by atoms with Crippen LogP contribution in [0.25, 0.3) is 0 Å². The molecule has 1 atom stereocenters. The second kappa shape index (κ2) is 5.37. The summed E-state index contributed by atoms with van der Waals surface area (Å²) >= 11 is 0. The number of nitrogens with two attached hydrogens (primary N) is 1. The van der Waals surface area contributed by atoms with Crippen LogP contribution in [0.3, 0.4) is 0 Å². The Labute approximate surface area is 119 Å². The van der Waals surface area contributed by atoms with Crippen molar-refractivity contribution in [2.75, 3.05) is 0 Å². The van der Waals surface area contributed by atoms with Crippen LogP contribution in [0.1, 0.15) is 53.5 Å². The predicted octanol–water partition coefficient (Wildman–Crippen LogP) is 4.45. The van der Waals surface area contributed by atoms with Gasteiger partial charge in [-0.15, -0.1) is 0 Å². The Hall–Kier alpha value is -1.67. The molecule has 104 valence electrons. The molecule has 0 bridgehead atoms. The Morgan fingerprint density at radius 2 is 1.95 bits per heavy atom. The molecule has 0 radical (unpaired) electrons. The van der Waals surface area contributed by atoms with Gasteiger partial charge >= 0.3 is 0 Å². The van der Waals surface area contributed by atoms with Crippen molar-refractivity contribution in [1.29, 1.82) is 0 Å². The van der Waals surface area contributed by atoms with Gasteiger partial charge in [-0.05, 0) is 42.9 Å². The Balaban J connectivity index is 1.93. The fourth-order valence-electron chi connectivity index (χ4n) is 2.83. The topological polar surface area (TPSA) is 26.0 Å². The molecule has 1 fully saturated rings. The van der Waals surface area contributed by atoms with E-state index in [1.54, 1.807) is 6.07 Å². The largest absolute Gasteiger partial charge is 0.320 e. The molecular weight excluding hydrogens is 249 g/mol. The van der Waals surface area contributed by atoms with Crippen LogP contribution < -0.4 is 5.73 Å². The van der Waals surface area contributed by atoms with Crippen molar-refractivity contribution in [3.05, 3.63) is 70.5 Å². The normalized spacial score (nSPS) is 16.8. The quantitative estimate of drug-likeness (QED) is 0.875. The molecule has 0 aromatic heterocycles. The number of hydrogen-bond donors (Lipinski definition) is 1. The number of benzene rings is 2. The van der Waals surface area contributed by atoms with E-state index in [4.69, 9.17) is 5.73 Å². The van der Waals surface area contributed by atoms with Gasteiger partial charge in [0.15, 0.2) is 0 Å². The van der Waals surface area contributed by atoms with E-state index in [2.05, 4.69) is 12.1 Å². The lowest BCUT2D eigenvalue weighted by molar-refractivity contribution is 0.419. The second-order valence-corrected chi connectivity index (χ2v) is 5.80. The van der Waals surface area contributed by atoms with Gasteiger partial charge in [0.2, 0.25) is 0 Å². The first kappa shape index (κ1) is 13.3. The van der Waals surface area contributed by atoms with Gasteiger partial charge in [-0.3, -0.25) is 0 Å². The van der Waals surface area contributed by atoms with Gasteiger partial charge in [0.05, 0.1) is 6.04 Å². The van der Waals surface area contributed by atoms with Crippen molar-refractivity contribution >= 4 is 0 Å². The van der Waals surface area contributed by atoms with Crippen LogP contribution in [-0.2, 0) is 0 Å². The minimum Gasteiger partial charge on any atom is -0.320 e. The second-order valence-electron chi connectivity index (χ2n) is 5.80. The Kier molecular flexibility index (Phi) is 3.58. The number of halogens is 1. The number of aryl methyl sites for hydroxylation is 1. The molecule has 0 saturated heterocycles. The Morgan fingerprint density at radius 1 is 1.15 bits per heavy atom. The van der Waals surface area contributed by atoms with Crippen LogP contribution in [0.5, 0.6) is 0 Å². The molecule has 2 aromatic rings. The molecule has 1 unspecified atom stereocenters. The molecule has 2 aromatic carbocycles. The van der Waals surface area contributed by atoms with Crippen molar-refractivity contribution in [1.82, 2.24) is 0 Å². The van der Waals surface area contributed by atoms with Crippen LogP contribution in [-0.4, -0.2) is 0 Å². The third kappa shape index (κ3) is 2.48. The highest BCUT2D eigenvalue weighted by Crippen LogP contribution is 2.37. The van der Waals surface area contributed by atoms with Gasteiger partial charge in [0.25, 0.3) is 0 Å². The standard InChI is InChI=1S/C18H20FN/c1-12-8-9-17(19)16(10-12)18(20)15-7-3-6-14(11-15)13-4-2-5-13/h3,6-11,13,18H,2,4-5,20H2,1H3. The lowest BCUT2D eigenvalue weighted by Crippen LogP contribution is -2.15. The van der Waals surface area contributed by atoms with Gasteiger partial charge < -0.3 is 5.73 Å². The summed E-state index contributed by atoms with van der Waals surface area (Å²) in [7, 11) is 0. The molecule has 3 rings (SSSR count). The highest BCUT2D eigenvalue weighted by Gasteiger charge is 2.21. The van der Waals surface area contributed by atoms with Gasteiger partial charge in [-0.2, -0.15) is 0 Å². The van der Waals surface area contributed by atoms with Crippen LogP contribution >= 0.6 is 0 Å². The lowest BCUT2D eigenvalue weighted by Gasteiger charge is -2.26. The fourth-order valence-corrected chi connectivity index (χ4v) is 2.83. The van der Waals surface area contributed by atoms with Crippen molar-refractivity contribution < 1.29 is 4.39 Å². The molecule has 0 amide bonds. The van der Waals surface area contributed by atoms with Crippen LogP contribution in [0.4, 0.5) is 4.39 Å². The maximum atomic E-state index is 14.0. The molecule has 1 saturated carbocycles. The van der Waals surface area contributed by atoms with Crippen LogP contribution in [0.2, 0.25) is 0 Å². The average Bonchev–Trinajstić information content (AvgIpc) is 2.39. The van der Waals surface area contributed by atoms with Gasteiger partial charge in [-0.1, -0.05) is 48.4 Å². The monoisotopic (exact) mass is 269 g/mol. The van der Waals surface area contributed by atoms with Crippen molar-refractivity contribution in [3.63, 3.8) is 0 Å². The highest BCUT2D eigenvalue weighted by atomic mass is 19.1. The zero-order valence-corrected chi connectivity index (χ0v) is 11.8. The average molecular weight is 269 g/mol. The molecular formula is C18H20FN. The Bertz CT molecular complexity index is 617. The summed E-state index contributed by atoms with van der Waals surface area (Å²) in [6.07, 6.45) is 3.84. The molecule has 0 spiro atoms. The van der Waals surface area contributed by atoms with Crippen molar-refractivity contribution in [2.45, 2.75) is 38.1 Å². The molecule has 2 heteroatoms. The molecule has 20 heavy (non-hydrogen) atoms. The SMILES string of the molecule is Cc1ccc(F)c(C(N)c2cccc(C3CCC3)c2)c1. The molecule has 2 N–H and O–H groups in total. The summed E-state index contributed by atoms with van der Waals surface area (Å²) in [6.45, 7) is 1.96. The number of rotatable bonds is 3. The van der Waals surface area contributed by atoms with E-state index in [9.17, 15) is 4.39 Å². The first-order chi connectivity index (χ1) is 9.65. The summed E-state index contributed by atoms with van der Waals surface area (Å²) in [5.41, 5.74) is 10.2. The van der Waals surface area contributed by atoms with Gasteiger partial charge in [0, 0.05) is 5.56 Å². The van der Waals surface area contributed by atoms with E-state index in [1.807, 2.05) is 25.1 Å². The maximum absolute atomic E-state index is 14.0. The van der Waals surface area contributed by atoms with E-state index in [0.717, 1.165) is 11.1 Å². The summed E-state index contributed by atoms with van der Waals surface area (Å²) in [5.74, 6) is 0.446. The third-order valence-electron chi connectivity index (χ3n) is 4.33. The zero-order chi connectivity index (χ0) is 14.1. The summed E-state index contributed by atoms with van der Waals surface area (Å²) in [5, 5.41) is 0. The van der Waals surface area contributed by atoms with Crippen LogP contribution in [0, 0.1) is 12.7 Å². The lowest BCUT2D eigenvalue weighted by atomic mass is 9.79. The molecule has 1 nitrogen and oxygen atoms in total. The fraction of sp³-hybridized carbons (Fsp3) is 0.333. The van der Waals surface area contributed by atoms with E-state index >= 15 is 0 Å². The van der Waals surface area contributed by atoms with Crippen molar-refractivity contribution in [3.8, 4) is 0 Å². The summed E-state index contributed by atoms with van der Waals surface area (Å²) in [4.78, 5) is 0. The molecule has 1 aliphatic rings. The summed E-state index contributed by atoms with van der Waals surface area (Å²) < 4.78 is 14.0. The highest BCUT2D eigenvalue weighted by molar-refractivity contribution is 5.37. The molecule has 0 heterocycles. The smallest absolute Gasteiger partial charge is 0.128 e. The third-order valence-corrected chi connectivity index (χ3v) is 4.33. The van der Waals surface area contributed by atoms with E-state index in [-0.39, 0.29) is 5.82 Å². The minimum absolute atomic E-state index is 0.225. The predicted molar refractivity (Wildman–Crippen MR) is 80.2 cm³/mol. The Morgan fingerprint density at radius 3 is 2.65 bits per heavy atom. The van der Waals surface area contributed by atoms with Gasteiger partial charge in [0.1, 0.15) is 5.82 Å². The van der Waals surface area contributed by atoms with Crippen LogP contribution in [0.15, 0.2) is 42.5 Å². The van der Waals surface area contributed by atoms with Gasteiger partial charge in [-0.25, -0.2) is 4.39 Å². The van der Waals surface area contributed by atoms with Crippen molar-refractivity contribution in [2.24, 2.45) is 5.73 Å². The zero-order valence-electron chi connectivity index (χ0n) is 11.8. The minimum atomic E-state index is -0.394. The summed E-state index contributed by atoms with van der Waals surface area (Å²) in [6, 6.07) is 13.1. The van der Waals surface area contributed by atoms with E-state index in [1.165, 1.54) is 30.9 Å².